The lowest BCUT2D eigenvalue weighted by Gasteiger charge is -2.17. The Kier molecular flexibility index (Phi) is 4.06. The maximum atomic E-state index is 14.3. The molecule has 0 aliphatic carbocycles. The van der Waals surface area contributed by atoms with Gasteiger partial charge >= 0.3 is 0 Å². The zero-order chi connectivity index (χ0) is 21.0. The SMILES string of the molecule is CCC(C)c1cc2c(-c3ccc(F)c4[nH]ncc34)c(N)c(=O)[nH]c2c2cccnc12. The number of H-pyrrole nitrogens is 2. The van der Waals surface area contributed by atoms with Crippen molar-refractivity contribution in [2.45, 2.75) is 26.2 Å². The minimum Gasteiger partial charge on any atom is -0.394 e. The fraction of sp³-hybridized carbons (Fsp3) is 0.174. The Morgan fingerprint density at radius 1 is 1.17 bits per heavy atom. The first-order valence-corrected chi connectivity index (χ1v) is 9.86. The average Bonchev–Trinajstić information content (AvgIpc) is 3.26. The van der Waals surface area contributed by atoms with E-state index in [4.69, 9.17) is 5.73 Å². The first-order valence-electron chi connectivity index (χ1n) is 9.86. The molecule has 6 nitrogen and oxygen atoms in total. The average molecular weight is 401 g/mol. The number of anilines is 1. The molecule has 3 aromatic heterocycles. The number of nitrogens with one attached hydrogen (secondary N) is 2. The fourth-order valence-corrected chi connectivity index (χ4v) is 4.16. The number of fused-ring (bicyclic) bond motifs is 4. The number of halogens is 1. The zero-order valence-corrected chi connectivity index (χ0v) is 16.6. The van der Waals surface area contributed by atoms with E-state index >= 15 is 0 Å². The smallest absolute Gasteiger partial charge is 0.272 e. The molecule has 0 radical (unpaired) electrons. The summed E-state index contributed by atoms with van der Waals surface area (Å²) in [4.78, 5) is 20.3. The summed E-state index contributed by atoms with van der Waals surface area (Å²) in [5, 5.41) is 8.91. The Balaban J connectivity index is 2.01. The molecule has 0 amide bonds. The van der Waals surface area contributed by atoms with E-state index in [0.717, 1.165) is 28.3 Å². The van der Waals surface area contributed by atoms with Crippen LogP contribution in [-0.2, 0) is 0 Å². The van der Waals surface area contributed by atoms with Gasteiger partial charge in [0.2, 0.25) is 0 Å². The molecule has 5 aromatic rings. The van der Waals surface area contributed by atoms with Crippen molar-refractivity contribution in [3.8, 4) is 11.1 Å². The van der Waals surface area contributed by atoms with Gasteiger partial charge in [-0.25, -0.2) is 4.39 Å². The fourth-order valence-electron chi connectivity index (χ4n) is 4.16. The summed E-state index contributed by atoms with van der Waals surface area (Å²) in [5.74, 6) is -0.149. The number of pyridine rings is 2. The van der Waals surface area contributed by atoms with Crippen molar-refractivity contribution in [2.24, 2.45) is 0 Å². The molecule has 0 bridgehead atoms. The van der Waals surface area contributed by atoms with Gasteiger partial charge in [-0.15, -0.1) is 0 Å². The lowest BCUT2D eigenvalue weighted by Crippen LogP contribution is -2.14. The first kappa shape index (κ1) is 18.3. The normalized spacial score (nSPS) is 12.8. The van der Waals surface area contributed by atoms with E-state index in [-0.39, 0.29) is 22.7 Å². The third-order valence-electron chi connectivity index (χ3n) is 5.92. The predicted octanol–water partition coefficient (Wildman–Crippen LogP) is 4.85. The number of hydrogen-bond donors (Lipinski definition) is 3. The molecule has 2 aromatic carbocycles. The monoisotopic (exact) mass is 401 g/mol. The lowest BCUT2D eigenvalue weighted by atomic mass is 9.90. The second kappa shape index (κ2) is 6.66. The molecule has 0 fully saturated rings. The van der Waals surface area contributed by atoms with Crippen LogP contribution in [-0.4, -0.2) is 20.2 Å². The van der Waals surface area contributed by atoms with E-state index < -0.39 is 5.82 Å². The van der Waals surface area contributed by atoms with Crippen LogP contribution in [0.25, 0.3) is 43.8 Å². The molecule has 1 atom stereocenters. The molecule has 4 N–H and O–H groups in total. The Bertz CT molecular complexity index is 1500. The summed E-state index contributed by atoms with van der Waals surface area (Å²) in [7, 11) is 0. The highest BCUT2D eigenvalue weighted by Crippen LogP contribution is 2.40. The molecule has 0 aliphatic rings. The molecule has 1 unspecified atom stereocenters. The largest absolute Gasteiger partial charge is 0.394 e. The van der Waals surface area contributed by atoms with Crippen molar-refractivity contribution in [3.05, 3.63) is 64.5 Å². The van der Waals surface area contributed by atoms with Crippen molar-refractivity contribution in [1.82, 2.24) is 20.2 Å². The maximum Gasteiger partial charge on any atom is 0.272 e. The van der Waals surface area contributed by atoms with E-state index in [9.17, 15) is 9.18 Å². The number of hydrogen-bond acceptors (Lipinski definition) is 4. The Labute approximate surface area is 170 Å². The maximum absolute atomic E-state index is 14.3. The van der Waals surface area contributed by atoms with Crippen molar-refractivity contribution < 1.29 is 4.39 Å². The quantitative estimate of drug-likeness (QED) is 0.376. The highest BCUT2D eigenvalue weighted by molar-refractivity contribution is 6.15. The minimum atomic E-state index is -0.408. The Morgan fingerprint density at radius 3 is 2.80 bits per heavy atom. The number of rotatable bonds is 3. The number of nitrogens with zero attached hydrogens (tertiary/aromatic N) is 2. The second-order valence-electron chi connectivity index (χ2n) is 7.59. The topological polar surface area (TPSA) is 100 Å². The molecule has 5 rings (SSSR count). The number of aromatic amines is 2. The summed E-state index contributed by atoms with van der Waals surface area (Å²) < 4.78 is 14.3. The number of nitrogens with two attached hydrogens (primary N) is 1. The zero-order valence-electron chi connectivity index (χ0n) is 16.6. The third kappa shape index (κ3) is 2.51. The highest BCUT2D eigenvalue weighted by Gasteiger charge is 2.21. The van der Waals surface area contributed by atoms with Gasteiger partial charge < -0.3 is 10.7 Å². The van der Waals surface area contributed by atoms with Gasteiger partial charge in [0.25, 0.3) is 5.56 Å². The van der Waals surface area contributed by atoms with Gasteiger partial charge in [-0.3, -0.25) is 14.9 Å². The van der Waals surface area contributed by atoms with Crippen LogP contribution in [0.3, 0.4) is 0 Å². The van der Waals surface area contributed by atoms with Gasteiger partial charge in [-0.05, 0) is 47.7 Å². The molecule has 30 heavy (non-hydrogen) atoms. The van der Waals surface area contributed by atoms with Crippen LogP contribution in [0.4, 0.5) is 10.1 Å². The molecular formula is C23H20FN5O. The van der Waals surface area contributed by atoms with Gasteiger partial charge in [0.1, 0.15) is 17.0 Å². The summed E-state index contributed by atoms with van der Waals surface area (Å²) in [6.07, 6.45) is 4.25. The molecule has 0 spiro atoms. The lowest BCUT2D eigenvalue weighted by molar-refractivity contribution is 0.636. The van der Waals surface area contributed by atoms with E-state index in [1.165, 1.54) is 6.07 Å². The van der Waals surface area contributed by atoms with Crippen LogP contribution in [0.5, 0.6) is 0 Å². The first-order chi connectivity index (χ1) is 14.5. The van der Waals surface area contributed by atoms with Gasteiger partial charge in [0.15, 0.2) is 0 Å². The molecule has 3 heterocycles. The van der Waals surface area contributed by atoms with Crippen LogP contribution < -0.4 is 11.3 Å². The van der Waals surface area contributed by atoms with Gasteiger partial charge in [0.05, 0.1) is 17.2 Å². The van der Waals surface area contributed by atoms with Crippen LogP contribution >= 0.6 is 0 Å². The highest BCUT2D eigenvalue weighted by atomic mass is 19.1. The predicted molar refractivity (Wildman–Crippen MR) is 118 cm³/mol. The van der Waals surface area contributed by atoms with Crippen molar-refractivity contribution in [3.63, 3.8) is 0 Å². The molecule has 0 saturated carbocycles. The van der Waals surface area contributed by atoms with Crippen LogP contribution in [0, 0.1) is 5.82 Å². The van der Waals surface area contributed by atoms with Crippen molar-refractivity contribution in [2.75, 3.05) is 5.73 Å². The summed E-state index contributed by atoms with van der Waals surface area (Å²) in [6, 6.07) is 8.86. The van der Waals surface area contributed by atoms with E-state index in [1.54, 1.807) is 18.5 Å². The Morgan fingerprint density at radius 2 is 2.00 bits per heavy atom. The molecular weight excluding hydrogens is 381 g/mol. The summed E-state index contributed by atoms with van der Waals surface area (Å²) in [6.45, 7) is 4.27. The Hall–Kier alpha value is -3.74. The van der Waals surface area contributed by atoms with Gasteiger partial charge in [0, 0.05) is 27.9 Å². The van der Waals surface area contributed by atoms with E-state index in [0.29, 0.717) is 22.0 Å². The molecule has 150 valence electrons. The number of aromatic nitrogens is 4. The van der Waals surface area contributed by atoms with E-state index in [1.807, 2.05) is 12.1 Å². The van der Waals surface area contributed by atoms with Crippen molar-refractivity contribution >= 4 is 38.4 Å². The van der Waals surface area contributed by atoms with Gasteiger partial charge in [-0.2, -0.15) is 5.10 Å². The third-order valence-corrected chi connectivity index (χ3v) is 5.92. The number of benzene rings is 2. The van der Waals surface area contributed by atoms with Crippen LogP contribution in [0.2, 0.25) is 0 Å². The second-order valence-corrected chi connectivity index (χ2v) is 7.59. The molecule has 0 saturated heterocycles. The van der Waals surface area contributed by atoms with Crippen molar-refractivity contribution in [1.29, 1.82) is 0 Å². The van der Waals surface area contributed by atoms with Crippen LogP contribution in [0.1, 0.15) is 31.7 Å². The van der Waals surface area contributed by atoms with Gasteiger partial charge in [-0.1, -0.05) is 19.9 Å². The standard InChI is InChI=1S/C23H20FN5O/c1-3-11(2)14-9-15-18(12-6-7-17(24)22-16(12)10-27-29-22)19(25)23(30)28-21(15)13-5-4-8-26-20(13)14/h4-11H,3,25H2,1-2H3,(H,27,29)(H,28,30). The summed E-state index contributed by atoms with van der Waals surface area (Å²) >= 11 is 0. The van der Waals surface area contributed by atoms with E-state index in [2.05, 4.69) is 40.1 Å². The molecule has 7 heteroatoms. The molecule has 0 aliphatic heterocycles. The summed E-state index contributed by atoms with van der Waals surface area (Å²) in [5.41, 5.74) is 10.1. The van der Waals surface area contributed by atoms with Crippen LogP contribution in [0.15, 0.2) is 47.5 Å². The number of nitrogen functional groups attached to an aromatic ring is 1. The minimum absolute atomic E-state index is 0.0925.